The Morgan fingerprint density at radius 3 is 2.62 bits per heavy atom. The van der Waals surface area contributed by atoms with E-state index in [9.17, 15) is 0 Å². The lowest BCUT2D eigenvalue weighted by Gasteiger charge is -2.26. The zero-order chi connectivity index (χ0) is 11.3. The van der Waals surface area contributed by atoms with Crippen molar-refractivity contribution in [3.05, 3.63) is 16.6 Å². The zero-order valence-electron chi connectivity index (χ0n) is 10.6. The van der Waals surface area contributed by atoms with E-state index in [1.165, 1.54) is 6.42 Å². The topological polar surface area (TPSA) is 24.9 Å². The average Bonchev–Trinajstić information content (AvgIpc) is 2.53. The van der Waals surface area contributed by atoms with Crippen molar-refractivity contribution in [1.82, 2.24) is 10.3 Å². The molecule has 0 spiro atoms. The molecule has 0 saturated carbocycles. The van der Waals surface area contributed by atoms with E-state index >= 15 is 0 Å². The van der Waals surface area contributed by atoms with Gasteiger partial charge in [0.15, 0.2) is 0 Å². The summed E-state index contributed by atoms with van der Waals surface area (Å²) in [6.07, 6.45) is 1.26. The summed E-state index contributed by atoms with van der Waals surface area (Å²) in [6, 6.07) is 0. The van der Waals surface area contributed by atoms with Gasteiger partial charge in [-0.05, 0) is 17.8 Å². The van der Waals surface area contributed by atoms with Crippen LogP contribution < -0.4 is 5.32 Å². The van der Waals surface area contributed by atoms with Crippen LogP contribution in [0.2, 0.25) is 0 Å². The molecule has 1 heterocycles. The third-order valence-corrected chi connectivity index (χ3v) is 2.99. The van der Waals surface area contributed by atoms with E-state index in [1.54, 1.807) is 11.3 Å². The van der Waals surface area contributed by atoms with Gasteiger partial charge in [0, 0.05) is 18.5 Å². The summed E-state index contributed by atoms with van der Waals surface area (Å²) in [5, 5.41) is 5.58. The molecule has 16 heavy (non-hydrogen) atoms. The minimum atomic E-state index is 0. The number of nitrogens with zero attached hydrogens (tertiary/aromatic N) is 1. The van der Waals surface area contributed by atoms with Gasteiger partial charge in [0.1, 0.15) is 0 Å². The number of nitrogens with one attached hydrogen (secondary N) is 1. The fraction of sp³-hybridized carbons (Fsp3) is 0.750. The van der Waals surface area contributed by atoms with Gasteiger partial charge < -0.3 is 5.32 Å². The first-order valence-electron chi connectivity index (χ1n) is 5.57. The van der Waals surface area contributed by atoms with Gasteiger partial charge in [-0.2, -0.15) is 0 Å². The van der Waals surface area contributed by atoms with Gasteiger partial charge in [0.2, 0.25) is 0 Å². The van der Waals surface area contributed by atoms with Crippen LogP contribution in [-0.2, 0) is 6.54 Å². The summed E-state index contributed by atoms with van der Waals surface area (Å²) in [7, 11) is 0. The van der Waals surface area contributed by atoms with E-state index in [-0.39, 0.29) is 12.4 Å². The van der Waals surface area contributed by atoms with Crippen LogP contribution in [0.25, 0.3) is 0 Å². The lowest BCUT2D eigenvalue weighted by Crippen LogP contribution is -2.30. The van der Waals surface area contributed by atoms with E-state index in [0.717, 1.165) is 24.7 Å². The van der Waals surface area contributed by atoms with Gasteiger partial charge >= 0.3 is 0 Å². The molecular formula is C12H23ClN2S. The van der Waals surface area contributed by atoms with Crippen LogP contribution >= 0.6 is 23.7 Å². The Labute approximate surface area is 109 Å². The second-order valence-electron chi connectivity index (χ2n) is 5.35. The molecule has 0 aliphatic heterocycles. The van der Waals surface area contributed by atoms with Crippen molar-refractivity contribution in [2.45, 2.75) is 40.7 Å². The van der Waals surface area contributed by atoms with Crippen LogP contribution in [0.5, 0.6) is 0 Å². The normalized spacial score (nSPS) is 11.6. The maximum absolute atomic E-state index is 4.25. The van der Waals surface area contributed by atoms with Crippen LogP contribution in [0.1, 0.15) is 39.8 Å². The Morgan fingerprint density at radius 1 is 1.44 bits per heavy atom. The first-order valence-corrected chi connectivity index (χ1v) is 6.52. The number of hydrogen-bond acceptors (Lipinski definition) is 3. The first-order chi connectivity index (χ1) is 6.99. The van der Waals surface area contributed by atoms with E-state index in [0.29, 0.717) is 5.41 Å². The third-order valence-electron chi connectivity index (χ3n) is 2.35. The molecule has 0 aromatic carbocycles. The highest BCUT2D eigenvalue weighted by Gasteiger charge is 2.18. The quantitative estimate of drug-likeness (QED) is 0.845. The molecule has 1 rings (SSSR count). The standard InChI is InChI=1S/C12H22N2S.ClH/c1-10(2)5-12(3,4)8-13-6-11-7-15-9-14-11;/h7,9-10,13H,5-6,8H2,1-4H3;1H. The smallest absolute Gasteiger partial charge is 0.0795 e. The van der Waals surface area contributed by atoms with Gasteiger partial charge in [0.25, 0.3) is 0 Å². The molecule has 1 aromatic rings. The maximum atomic E-state index is 4.25. The van der Waals surface area contributed by atoms with Crippen LogP contribution in [0.4, 0.5) is 0 Å². The summed E-state index contributed by atoms with van der Waals surface area (Å²) in [4.78, 5) is 4.25. The van der Waals surface area contributed by atoms with Crippen molar-refractivity contribution < 1.29 is 0 Å². The molecule has 2 nitrogen and oxygen atoms in total. The van der Waals surface area contributed by atoms with Gasteiger partial charge in [0.05, 0.1) is 11.2 Å². The Hall–Kier alpha value is -0.120. The Kier molecular flexibility index (Phi) is 7.20. The monoisotopic (exact) mass is 262 g/mol. The molecular weight excluding hydrogens is 240 g/mol. The van der Waals surface area contributed by atoms with Crippen molar-refractivity contribution in [1.29, 1.82) is 0 Å². The van der Waals surface area contributed by atoms with Gasteiger partial charge in [-0.3, -0.25) is 0 Å². The summed E-state index contributed by atoms with van der Waals surface area (Å²) in [5.74, 6) is 0.765. The molecule has 94 valence electrons. The Balaban J connectivity index is 0.00000225. The third kappa shape index (κ3) is 6.46. The first kappa shape index (κ1) is 15.9. The van der Waals surface area contributed by atoms with Crippen molar-refractivity contribution in [2.24, 2.45) is 11.3 Å². The number of thiazole rings is 1. The molecule has 0 atom stereocenters. The lowest BCUT2D eigenvalue weighted by atomic mass is 9.84. The molecule has 0 aliphatic rings. The molecule has 0 unspecified atom stereocenters. The van der Waals surface area contributed by atoms with Gasteiger partial charge in [-0.15, -0.1) is 23.7 Å². The van der Waals surface area contributed by atoms with Crippen LogP contribution in [0.15, 0.2) is 10.9 Å². The second kappa shape index (κ2) is 7.25. The molecule has 0 saturated heterocycles. The molecule has 0 bridgehead atoms. The van der Waals surface area contributed by atoms with Crippen molar-refractivity contribution in [2.75, 3.05) is 6.54 Å². The van der Waals surface area contributed by atoms with Crippen LogP contribution in [0, 0.1) is 11.3 Å². The minimum absolute atomic E-state index is 0. The predicted octanol–water partition coefficient (Wildman–Crippen LogP) is 3.73. The maximum Gasteiger partial charge on any atom is 0.0795 e. The highest BCUT2D eigenvalue weighted by Crippen LogP contribution is 2.24. The van der Waals surface area contributed by atoms with Crippen LogP contribution in [-0.4, -0.2) is 11.5 Å². The number of hydrogen-bond donors (Lipinski definition) is 1. The van der Waals surface area contributed by atoms with Gasteiger partial charge in [-0.25, -0.2) is 4.98 Å². The molecule has 0 fully saturated rings. The SMILES string of the molecule is CC(C)CC(C)(C)CNCc1cscn1.Cl. The number of aromatic nitrogens is 1. The highest BCUT2D eigenvalue weighted by molar-refractivity contribution is 7.07. The number of rotatable bonds is 6. The molecule has 0 amide bonds. The predicted molar refractivity (Wildman–Crippen MR) is 74.3 cm³/mol. The molecule has 0 aliphatic carbocycles. The van der Waals surface area contributed by atoms with Crippen LogP contribution in [0.3, 0.4) is 0 Å². The summed E-state index contributed by atoms with van der Waals surface area (Å²) in [5.41, 5.74) is 3.42. The molecule has 1 N–H and O–H groups in total. The minimum Gasteiger partial charge on any atom is -0.311 e. The molecule has 4 heteroatoms. The largest absolute Gasteiger partial charge is 0.311 e. The highest BCUT2D eigenvalue weighted by atomic mass is 35.5. The zero-order valence-corrected chi connectivity index (χ0v) is 12.3. The average molecular weight is 263 g/mol. The lowest BCUT2D eigenvalue weighted by molar-refractivity contribution is 0.272. The summed E-state index contributed by atoms with van der Waals surface area (Å²) >= 11 is 1.66. The molecule has 0 radical (unpaired) electrons. The fourth-order valence-electron chi connectivity index (χ4n) is 2.03. The Bertz CT molecular complexity index is 271. The fourth-order valence-corrected chi connectivity index (χ4v) is 2.59. The van der Waals surface area contributed by atoms with E-state index in [4.69, 9.17) is 0 Å². The van der Waals surface area contributed by atoms with E-state index in [1.807, 2.05) is 5.51 Å². The summed E-state index contributed by atoms with van der Waals surface area (Å²) in [6.45, 7) is 11.2. The van der Waals surface area contributed by atoms with E-state index < -0.39 is 0 Å². The van der Waals surface area contributed by atoms with Crippen molar-refractivity contribution in [3.8, 4) is 0 Å². The summed E-state index contributed by atoms with van der Waals surface area (Å²) < 4.78 is 0. The Morgan fingerprint density at radius 2 is 2.12 bits per heavy atom. The van der Waals surface area contributed by atoms with Crippen molar-refractivity contribution >= 4 is 23.7 Å². The second-order valence-corrected chi connectivity index (χ2v) is 6.06. The number of halogens is 1. The van der Waals surface area contributed by atoms with E-state index in [2.05, 4.69) is 43.4 Å². The van der Waals surface area contributed by atoms with Gasteiger partial charge in [-0.1, -0.05) is 27.7 Å². The molecule has 1 aromatic heterocycles. The van der Waals surface area contributed by atoms with Crippen molar-refractivity contribution in [3.63, 3.8) is 0 Å².